The zero-order chi connectivity index (χ0) is 15.4. The molecule has 1 aromatic rings. The lowest BCUT2D eigenvalue weighted by atomic mass is 9.47. The summed E-state index contributed by atoms with van der Waals surface area (Å²) in [5, 5.41) is 0. The largest absolute Gasteiger partial charge is 0.377 e. The van der Waals surface area contributed by atoms with Crippen LogP contribution in [-0.2, 0) is 9.53 Å². The van der Waals surface area contributed by atoms with Crippen LogP contribution in [0.4, 0.5) is 10.1 Å². The Morgan fingerprint density at radius 1 is 1.38 bits per heavy atom. The van der Waals surface area contributed by atoms with Crippen LogP contribution in [0.15, 0.2) is 24.3 Å². The van der Waals surface area contributed by atoms with Gasteiger partial charge in [-0.25, -0.2) is 4.39 Å². The Morgan fingerprint density at radius 2 is 2.00 bits per heavy atom. The van der Waals surface area contributed by atoms with Gasteiger partial charge in [0.1, 0.15) is 11.4 Å². The van der Waals surface area contributed by atoms with E-state index in [2.05, 4.69) is 0 Å². The average molecular weight is 292 g/mol. The van der Waals surface area contributed by atoms with Gasteiger partial charge in [-0.2, -0.15) is 0 Å². The number of nitrogens with zero attached hydrogens (tertiary/aromatic N) is 1. The molecule has 21 heavy (non-hydrogen) atoms. The Labute approximate surface area is 124 Å². The molecule has 1 aliphatic heterocycles. The summed E-state index contributed by atoms with van der Waals surface area (Å²) >= 11 is 0. The third-order valence-electron chi connectivity index (χ3n) is 5.33. The molecule has 1 heterocycles. The number of benzene rings is 1. The lowest BCUT2D eigenvalue weighted by Gasteiger charge is -2.61. The lowest BCUT2D eigenvalue weighted by molar-refractivity contribution is -0.172. The molecule has 2 aliphatic rings. The molecule has 0 radical (unpaired) electrons. The number of anilines is 1. The number of rotatable bonds is 2. The molecule has 0 bridgehead atoms. The van der Waals surface area contributed by atoms with Crippen LogP contribution >= 0.6 is 0 Å². The van der Waals surface area contributed by atoms with E-state index in [9.17, 15) is 9.18 Å². The molecule has 2 fully saturated rings. The summed E-state index contributed by atoms with van der Waals surface area (Å²) in [6.45, 7) is 4.62. The minimum absolute atomic E-state index is 0.0491. The second-order valence-electron chi connectivity index (χ2n) is 6.62. The number of likely N-dealkylation sites (N-methyl/N-ethyl adjacent to an activating group) is 1. The zero-order valence-electron chi connectivity index (χ0n) is 12.6. The van der Waals surface area contributed by atoms with Gasteiger partial charge in [-0.15, -0.1) is 0 Å². The smallest absolute Gasteiger partial charge is 0.247 e. The molecule has 3 atom stereocenters. The molecular formula is C16H21FN2O2. The Balaban J connectivity index is 1.89. The number of carbonyl (C=O) groups is 1. The van der Waals surface area contributed by atoms with E-state index in [4.69, 9.17) is 10.5 Å². The summed E-state index contributed by atoms with van der Waals surface area (Å²) < 4.78 is 18.7. The van der Waals surface area contributed by atoms with E-state index in [1.165, 1.54) is 17.0 Å². The van der Waals surface area contributed by atoms with Gasteiger partial charge in [0.2, 0.25) is 5.91 Å². The molecule has 4 nitrogen and oxygen atoms in total. The van der Waals surface area contributed by atoms with Crippen LogP contribution in [0.5, 0.6) is 0 Å². The maximum atomic E-state index is 13.0. The van der Waals surface area contributed by atoms with Crippen LogP contribution in [0.25, 0.3) is 0 Å². The van der Waals surface area contributed by atoms with Crippen molar-refractivity contribution in [2.75, 3.05) is 18.6 Å². The molecule has 114 valence electrons. The van der Waals surface area contributed by atoms with Gasteiger partial charge < -0.3 is 15.4 Å². The Bertz CT molecular complexity index is 572. The Morgan fingerprint density at radius 3 is 2.62 bits per heavy atom. The number of nitrogens with two attached hydrogens (primary N) is 1. The van der Waals surface area contributed by atoms with Crippen molar-refractivity contribution < 1.29 is 13.9 Å². The second kappa shape index (κ2) is 4.52. The molecule has 1 saturated heterocycles. The van der Waals surface area contributed by atoms with Crippen molar-refractivity contribution in [2.45, 2.75) is 31.9 Å². The van der Waals surface area contributed by atoms with Gasteiger partial charge in [0.25, 0.3) is 0 Å². The molecule has 0 aromatic heterocycles. The SMILES string of the molecule is CN(C(=O)C1(N)C2CCOC2C1(C)C)c1ccc(F)cc1. The minimum atomic E-state index is -0.933. The third-order valence-corrected chi connectivity index (χ3v) is 5.33. The summed E-state index contributed by atoms with van der Waals surface area (Å²) in [7, 11) is 1.68. The number of ether oxygens (including phenoxy) is 1. The third kappa shape index (κ3) is 1.77. The van der Waals surface area contributed by atoms with Gasteiger partial charge in [0.05, 0.1) is 6.10 Å². The van der Waals surface area contributed by atoms with Crippen molar-refractivity contribution in [2.24, 2.45) is 17.1 Å². The van der Waals surface area contributed by atoms with Gasteiger partial charge in [-0.1, -0.05) is 13.8 Å². The topological polar surface area (TPSA) is 55.6 Å². The maximum Gasteiger partial charge on any atom is 0.247 e. The van der Waals surface area contributed by atoms with Crippen LogP contribution in [-0.4, -0.2) is 31.2 Å². The highest BCUT2D eigenvalue weighted by molar-refractivity contribution is 6.01. The standard InChI is InChI=1S/C16H21FN2O2/c1-15(2)13-12(8-9-21-13)16(15,18)14(20)19(3)11-6-4-10(17)5-7-11/h4-7,12-13H,8-9,18H2,1-3H3. The van der Waals surface area contributed by atoms with Crippen molar-refractivity contribution in [3.05, 3.63) is 30.1 Å². The molecule has 3 rings (SSSR count). The van der Waals surface area contributed by atoms with E-state index in [-0.39, 0.29) is 23.7 Å². The molecular weight excluding hydrogens is 271 g/mol. The highest BCUT2D eigenvalue weighted by Gasteiger charge is 2.71. The van der Waals surface area contributed by atoms with E-state index in [1.807, 2.05) is 13.8 Å². The zero-order valence-corrected chi connectivity index (χ0v) is 12.6. The summed E-state index contributed by atoms with van der Waals surface area (Å²) in [5.41, 5.74) is 5.84. The average Bonchev–Trinajstić information content (AvgIpc) is 2.94. The van der Waals surface area contributed by atoms with E-state index in [1.54, 1.807) is 19.2 Å². The quantitative estimate of drug-likeness (QED) is 0.906. The van der Waals surface area contributed by atoms with Crippen LogP contribution in [0.3, 0.4) is 0 Å². The second-order valence-corrected chi connectivity index (χ2v) is 6.62. The number of fused-ring (bicyclic) bond motifs is 1. The van der Waals surface area contributed by atoms with Gasteiger partial charge in [0.15, 0.2) is 0 Å². The molecule has 3 unspecified atom stereocenters. The number of hydrogen-bond acceptors (Lipinski definition) is 3. The summed E-state index contributed by atoms with van der Waals surface area (Å²) in [6, 6.07) is 5.86. The molecule has 1 aliphatic carbocycles. The van der Waals surface area contributed by atoms with Crippen molar-refractivity contribution >= 4 is 11.6 Å². The highest BCUT2D eigenvalue weighted by Crippen LogP contribution is 2.58. The van der Waals surface area contributed by atoms with E-state index >= 15 is 0 Å². The normalized spacial score (nSPS) is 33.2. The highest BCUT2D eigenvalue weighted by atomic mass is 19.1. The van der Waals surface area contributed by atoms with Crippen molar-refractivity contribution in [1.82, 2.24) is 0 Å². The Hall–Kier alpha value is -1.46. The minimum Gasteiger partial charge on any atom is -0.377 e. The van der Waals surface area contributed by atoms with E-state index in [0.29, 0.717) is 12.3 Å². The fraction of sp³-hybridized carbons (Fsp3) is 0.562. The predicted octanol–water partition coefficient (Wildman–Crippen LogP) is 1.93. The van der Waals surface area contributed by atoms with Crippen LogP contribution < -0.4 is 10.6 Å². The molecule has 0 spiro atoms. The number of halogens is 1. The summed E-state index contributed by atoms with van der Waals surface area (Å²) in [4.78, 5) is 14.5. The van der Waals surface area contributed by atoms with Gasteiger partial charge in [-0.3, -0.25) is 4.79 Å². The summed E-state index contributed by atoms with van der Waals surface area (Å²) in [5.74, 6) is -0.399. The first-order valence-corrected chi connectivity index (χ1v) is 7.24. The molecule has 1 aromatic carbocycles. The molecule has 5 heteroatoms. The van der Waals surface area contributed by atoms with Crippen LogP contribution in [0.1, 0.15) is 20.3 Å². The van der Waals surface area contributed by atoms with E-state index in [0.717, 1.165) is 6.42 Å². The van der Waals surface area contributed by atoms with Crippen LogP contribution in [0.2, 0.25) is 0 Å². The molecule has 1 saturated carbocycles. The molecule has 1 amide bonds. The first-order valence-electron chi connectivity index (χ1n) is 7.24. The monoisotopic (exact) mass is 292 g/mol. The predicted molar refractivity (Wildman–Crippen MR) is 78.4 cm³/mol. The first kappa shape index (κ1) is 14.5. The van der Waals surface area contributed by atoms with Crippen molar-refractivity contribution in [1.29, 1.82) is 0 Å². The fourth-order valence-corrected chi connectivity index (χ4v) is 3.88. The number of amides is 1. The van der Waals surface area contributed by atoms with Gasteiger partial charge >= 0.3 is 0 Å². The molecule has 2 N–H and O–H groups in total. The van der Waals surface area contributed by atoms with Crippen LogP contribution in [0, 0.1) is 17.2 Å². The Kier molecular flexibility index (Phi) is 3.11. The summed E-state index contributed by atoms with van der Waals surface area (Å²) in [6.07, 6.45) is 0.862. The number of hydrogen-bond donors (Lipinski definition) is 1. The lowest BCUT2D eigenvalue weighted by Crippen LogP contribution is -2.80. The van der Waals surface area contributed by atoms with Crippen molar-refractivity contribution in [3.63, 3.8) is 0 Å². The van der Waals surface area contributed by atoms with Gasteiger partial charge in [0, 0.05) is 30.7 Å². The maximum absolute atomic E-state index is 13.0. The van der Waals surface area contributed by atoms with Gasteiger partial charge in [-0.05, 0) is 30.7 Å². The van der Waals surface area contributed by atoms with Crippen molar-refractivity contribution in [3.8, 4) is 0 Å². The number of carbonyl (C=O) groups excluding carboxylic acids is 1. The van der Waals surface area contributed by atoms with E-state index < -0.39 is 11.0 Å². The fourth-order valence-electron chi connectivity index (χ4n) is 3.88. The first-order chi connectivity index (χ1) is 9.80.